The van der Waals surface area contributed by atoms with E-state index in [2.05, 4.69) is 10.0 Å². The van der Waals surface area contributed by atoms with Crippen molar-refractivity contribution in [2.45, 2.75) is 54.9 Å². The van der Waals surface area contributed by atoms with Gasteiger partial charge in [-0.1, -0.05) is 0 Å². The third-order valence-corrected chi connectivity index (χ3v) is 5.87. The van der Waals surface area contributed by atoms with Gasteiger partial charge in [-0.15, -0.1) is 12.4 Å². The van der Waals surface area contributed by atoms with Gasteiger partial charge in [0.25, 0.3) is 0 Å². The van der Waals surface area contributed by atoms with Crippen molar-refractivity contribution < 1.29 is 26.0 Å². The number of nitrogens with one attached hydrogen (secondary N) is 2. The number of alkyl halides is 3. The first-order valence-corrected chi connectivity index (χ1v) is 8.78. The second-order valence-corrected chi connectivity index (χ2v) is 7.78. The summed E-state index contributed by atoms with van der Waals surface area (Å²) in [6.45, 7) is 0. The molecule has 2 heterocycles. The van der Waals surface area contributed by atoms with E-state index in [4.69, 9.17) is 0 Å². The fourth-order valence-electron chi connectivity index (χ4n) is 3.33. The summed E-state index contributed by atoms with van der Waals surface area (Å²) in [4.78, 5) is -0.492. The summed E-state index contributed by atoms with van der Waals surface area (Å²) in [6, 6.07) is 1.88. The summed E-state index contributed by atoms with van der Waals surface area (Å²) in [5.74, 6) is -1.59. The average molecular weight is 389 g/mol. The Bertz CT molecular complexity index is 699. The van der Waals surface area contributed by atoms with Crippen molar-refractivity contribution in [3.8, 4) is 0 Å². The summed E-state index contributed by atoms with van der Waals surface area (Å²) in [6.07, 6.45) is -1.64. The van der Waals surface area contributed by atoms with Crippen LogP contribution in [0.4, 0.5) is 17.6 Å². The van der Waals surface area contributed by atoms with Gasteiger partial charge in [0.15, 0.2) is 0 Å². The Morgan fingerprint density at radius 1 is 1.12 bits per heavy atom. The normalized spacial score (nSPS) is 26.9. The number of piperidine rings is 1. The van der Waals surface area contributed by atoms with Crippen LogP contribution in [0.25, 0.3) is 0 Å². The molecule has 10 heteroatoms. The van der Waals surface area contributed by atoms with Crippen molar-refractivity contribution in [3.05, 3.63) is 29.6 Å². The van der Waals surface area contributed by atoms with Gasteiger partial charge in [0.1, 0.15) is 5.82 Å². The molecule has 0 spiro atoms. The first-order valence-electron chi connectivity index (χ1n) is 7.30. The number of halogens is 5. The largest absolute Gasteiger partial charge is 0.419 e. The first-order chi connectivity index (χ1) is 10.6. The van der Waals surface area contributed by atoms with Crippen molar-refractivity contribution in [3.63, 3.8) is 0 Å². The van der Waals surface area contributed by atoms with Crippen molar-refractivity contribution in [2.75, 3.05) is 0 Å². The number of benzene rings is 1. The van der Waals surface area contributed by atoms with E-state index in [1.165, 1.54) is 0 Å². The van der Waals surface area contributed by atoms with Gasteiger partial charge in [0, 0.05) is 18.1 Å². The highest BCUT2D eigenvalue weighted by Gasteiger charge is 2.37. The van der Waals surface area contributed by atoms with Crippen molar-refractivity contribution in [1.82, 2.24) is 10.0 Å². The first kappa shape index (κ1) is 19.4. The highest BCUT2D eigenvalue weighted by molar-refractivity contribution is 7.89. The van der Waals surface area contributed by atoms with Gasteiger partial charge in [-0.05, 0) is 43.9 Å². The minimum absolute atomic E-state index is 0. The van der Waals surface area contributed by atoms with Gasteiger partial charge in [-0.2, -0.15) is 13.2 Å². The standard InChI is InChI=1S/C14H16F4N2O2S.ClH/c15-13-7-11(3-4-12(13)14(16,17)18)23(21,22)20-10-5-8-1-2-9(6-10)19-8;/h3-4,7-10,19-20H,1-2,5-6H2;1H. The van der Waals surface area contributed by atoms with E-state index in [0.29, 0.717) is 25.0 Å². The SMILES string of the molecule is Cl.O=S(=O)(NC1CC2CCC(C1)N2)c1ccc(C(F)(F)F)c(F)c1. The monoisotopic (exact) mass is 388 g/mol. The third kappa shape index (κ3) is 4.01. The number of fused-ring (bicyclic) bond motifs is 2. The predicted molar refractivity (Wildman–Crippen MR) is 81.9 cm³/mol. The molecule has 2 unspecified atom stereocenters. The average Bonchev–Trinajstić information content (AvgIpc) is 2.76. The van der Waals surface area contributed by atoms with E-state index in [1.54, 1.807) is 0 Å². The second kappa shape index (κ2) is 6.78. The van der Waals surface area contributed by atoms with Crippen LogP contribution in [-0.2, 0) is 16.2 Å². The molecule has 0 radical (unpaired) electrons. The fourth-order valence-corrected chi connectivity index (χ4v) is 4.61. The number of hydrogen-bond acceptors (Lipinski definition) is 3. The molecule has 2 saturated heterocycles. The van der Waals surface area contributed by atoms with Crippen LogP contribution in [0, 0.1) is 5.82 Å². The van der Waals surface area contributed by atoms with Crippen molar-refractivity contribution >= 4 is 22.4 Å². The van der Waals surface area contributed by atoms with Crippen LogP contribution in [-0.4, -0.2) is 26.5 Å². The lowest BCUT2D eigenvalue weighted by Crippen LogP contribution is -2.47. The highest BCUT2D eigenvalue weighted by atomic mass is 35.5. The maximum Gasteiger partial charge on any atom is 0.419 e. The summed E-state index contributed by atoms with van der Waals surface area (Å²) < 4.78 is 78.2. The van der Waals surface area contributed by atoms with Crippen molar-refractivity contribution in [2.24, 2.45) is 0 Å². The molecule has 136 valence electrons. The molecule has 2 aliphatic heterocycles. The van der Waals surface area contributed by atoms with Gasteiger partial charge < -0.3 is 5.32 Å². The number of sulfonamides is 1. The Hall–Kier alpha value is -0.900. The summed E-state index contributed by atoms with van der Waals surface area (Å²) in [7, 11) is -4.05. The van der Waals surface area contributed by atoms with Gasteiger partial charge in [-0.25, -0.2) is 17.5 Å². The minimum Gasteiger partial charge on any atom is -0.311 e. The Labute approximate surface area is 143 Å². The van der Waals surface area contributed by atoms with E-state index in [9.17, 15) is 26.0 Å². The molecule has 2 fully saturated rings. The van der Waals surface area contributed by atoms with E-state index in [0.717, 1.165) is 18.9 Å². The number of hydrogen-bond donors (Lipinski definition) is 2. The number of rotatable bonds is 3. The van der Waals surface area contributed by atoms with Crippen LogP contribution in [0.1, 0.15) is 31.2 Å². The predicted octanol–water partition coefficient (Wildman–Crippen LogP) is 2.83. The topological polar surface area (TPSA) is 58.2 Å². The van der Waals surface area contributed by atoms with Crippen LogP contribution >= 0.6 is 12.4 Å². The Morgan fingerprint density at radius 2 is 1.71 bits per heavy atom. The highest BCUT2D eigenvalue weighted by Crippen LogP contribution is 2.32. The molecule has 1 aromatic rings. The molecule has 24 heavy (non-hydrogen) atoms. The lowest BCUT2D eigenvalue weighted by Gasteiger charge is -2.29. The Kier molecular flexibility index (Phi) is 5.49. The molecule has 2 atom stereocenters. The molecule has 4 nitrogen and oxygen atoms in total. The molecule has 2 N–H and O–H groups in total. The van der Waals surface area contributed by atoms with Gasteiger partial charge >= 0.3 is 6.18 Å². The van der Waals surface area contributed by atoms with Crippen LogP contribution in [0.15, 0.2) is 23.1 Å². The van der Waals surface area contributed by atoms with E-state index < -0.39 is 32.5 Å². The van der Waals surface area contributed by atoms with Crippen LogP contribution in [0.5, 0.6) is 0 Å². The molecule has 3 rings (SSSR count). The zero-order valence-electron chi connectivity index (χ0n) is 12.4. The summed E-state index contributed by atoms with van der Waals surface area (Å²) in [5, 5.41) is 3.36. The fraction of sp³-hybridized carbons (Fsp3) is 0.571. The van der Waals surface area contributed by atoms with E-state index in [1.807, 2.05) is 0 Å². The minimum atomic E-state index is -4.85. The van der Waals surface area contributed by atoms with E-state index >= 15 is 0 Å². The zero-order chi connectivity index (χ0) is 16.8. The second-order valence-electron chi connectivity index (χ2n) is 6.07. The molecule has 0 amide bonds. The molecule has 0 saturated carbocycles. The Balaban J connectivity index is 0.00000208. The van der Waals surface area contributed by atoms with Gasteiger partial charge in [0.2, 0.25) is 10.0 Å². The third-order valence-electron chi connectivity index (χ3n) is 4.35. The van der Waals surface area contributed by atoms with E-state index in [-0.39, 0.29) is 30.5 Å². The molecular formula is C14H17ClF4N2O2S. The molecule has 1 aromatic carbocycles. The van der Waals surface area contributed by atoms with Crippen molar-refractivity contribution in [1.29, 1.82) is 0 Å². The maximum absolute atomic E-state index is 13.6. The molecular weight excluding hydrogens is 372 g/mol. The Morgan fingerprint density at radius 3 is 2.21 bits per heavy atom. The quantitative estimate of drug-likeness (QED) is 0.783. The van der Waals surface area contributed by atoms with Gasteiger partial charge in [-0.3, -0.25) is 0 Å². The molecule has 2 aliphatic rings. The lowest BCUT2D eigenvalue weighted by atomic mass is 10.0. The van der Waals surface area contributed by atoms with Crippen LogP contribution in [0.2, 0.25) is 0 Å². The zero-order valence-corrected chi connectivity index (χ0v) is 14.1. The lowest BCUT2D eigenvalue weighted by molar-refractivity contribution is -0.140. The molecule has 0 aromatic heterocycles. The summed E-state index contributed by atoms with van der Waals surface area (Å²) in [5.41, 5.74) is -1.48. The smallest absolute Gasteiger partial charge is 0.311 e. The molecule has 0 aliphatic carbocycles. The summed E-state index contributed by atoms with van der Waals surface area (Å²) >= 11 is 0. The maximum atomic E-state index is 13.6. The molecule has 2 bridgehead atoms. The van der Waals surface area contributed by atoms with Gasteiger partial charge in [0.05, 0.1) is 10.5 Å². The van der Waals surface area contributed by atoms with Crippen LogP contribution < -0.4 is 10.0 Å². The van der Waals surface area contributed by atoms with Crippen LogP contribution in [0.3, 0.4) is 0 Å².